The molecule has 0 amide bonds. The van der Waals surface area contributed by atoms with Crippen LogP contribution in [0, 0.1) is 13.8 Å². The van der Waals surface area contributed by atoms with Crippen LogP contribution in [-0.4, -0.2) is 37.9 Å². The van der Waals surface area contributed by atoms with Gasteiger partial charge in [-0.25, -0.2) is 14.3 Å². The molecular formula is C16H17N5O4. The number of cyclic esters (lactones) is 2. The van der Waals surface area contributed by atoms with E-state index in [0.29, 0.717) is 5.69 Å². The third kappa shape index (κ3) is 3.35. The first-order valence-electron chi connectivity index (χ1n) is 7.55. The summed E-state index contributed by atoms with van der Waals surface area (Å²) in [6, 6.07) is 3.73. The van der Waals surface area contributed by atoms with Gasteiger partial charge in [-0.3, -0.25) is 0 Å². The second-order valence-corrected chi connectivity index (χ2v) is 6.07. The molecule has 9 heteroatoms. The summed E-state index contributed by atoms with van der Waals surface area (Å²) in [7, 11) is 0. The van der Waals surface area contributed by atoms with E-state index < -0.39 is 17.7 Å². The largest absolute Gasteiger partial charge is 0.419 e. The van der Waals surface area contributed by atoms with Crippen LogP contribution in [0.2, 0.25) is 0 Å². The molecule has 2 aromatic rings. The molecule has 1 aromatic heterocycles. The van der Waals surface area contributed by atoms with E-state index >= 15 is 0 Å². The summed E-state index contributed by atoms with van der Waals surface area (Å²) in [6.07, 6.45) is 2.76. The maximum atomic E-state index is 12.0. The summed E-state index contributed by atoms with van der Waals surface area (Å²) in [5.41, 5.74) is 3.17. The number of hydrogen-bond donors (Lipinski definition) is 1. The highest BCUT2D eigenvalue weighted by Gasteiger charge is 2.38. The predicted molar refractivity (Wildman–Crippen MR) is 86.6 cm³/mol. The average molecular weight is 343 g/mol. The summed E-state index contributed by atoms with van der Waals surface area (Å²) in [5, 5.41) is 14.0. The molecule has 130 valence electrons. The number of hydrogen-bond acceptors (Lipinski definition) is 8. The second-order valence-electron chi connectivity index (χ2n) is 6.07. The second kappa shape index (κ2) is 6.00. The molecule has 1 aliphatic rings. The van der Waals surface area contributed by atoms with Gasteiger partial charge in [-0.2, -0.15) is 0 Å². The van der Waals surface area contributed by atoms with Crippen molar-refractivity contribution in [2.45, 2.75) is 33.5 Å². The molecule has 1 fully saturated rings. The van der Waals surface area contributed by atoms with Crippen LogP contribution in [0.5, 0.6) is 0 Å². The number of nitrogens with zero attached hydrogens (tertiary/aromatic N) is 4. The van der Waals surface area contributed by atoms with E-state index in [4.69, 9.17) is 9.47 Å². The molecule has 25 heavy (non-hydrogen) atoms. The molecule has 0 saturated carbocycles. The van der Waals surface area contributed by atoms with Crippen molar-refractivity contribution < 1.29 is 19.1 Å². The van der Waals surface area contributed by atoms with Gasteiger partial charge in [0.15, 0.2) is 5.57 Å². The van der Waals surface area contributed by atoms with Gasteiger partial charge in [0.1, 0.15) is 6.33 Å². The maximum absolute atomic E-state index is 12.0. The smallest absolute Gasteiger partial charge is 0.350 e. The Hall–Kier alpha value is -3.23. The van der Waals surface area contributed by atoms with Crippen LogP contribution in [0.3, 0.4) is 0 Å². The Kier molecular flexibility index (Phi) is 3.99. The highest BCUT2D eigenvalue weighted by atomic mass is 16.7. The Morgan fingerprint density at radius 1 is 1.16 bits per heavy atom. The minimum Gasteiger partial charge on any atom is -0.419 e. The van der Waals surface area contributed by atoms with E-state index in [-0.39, 0.29) is 5.57 Å². The first-order valence-corrected chi connectivity index (χ1v) is 7.55. The maximum Gasteiger partial charge on any atom is 0.350 e. The summed E-state index contributed by atoms with van der Waals surface area (Å²) >= 11 is 0. The highest BCUT2D eigenvalue weighted by Crippen LogP contribution is 2.25. The fraction of sp³-hybridized carbons (Fsp3) is 0.312. The van der Waals surface area contributed by atoms with Crippen molar-refractivity contribution in [1.82, 2.24) is 20.2 Å². The van der Waals surface area contributed by atoms with Crippen molar-refractivity contribution in [3.8, 4) is 5.69 Å². The number of aromatic nitrogens is 4. The first-order chi connectivity index (χ1) is 11.8. The summed E-state index contributed by atoms with van der Waals surface area (Å²) in [4.78, 5) is 24.0. The Morgan fingerprint density at radius 2 is 1.84 bits per heavy atom. The molecule has 1 aliphatic heterocycles. The van der Waals surface area contributed by atoms with Gasteiger partial charge in [-0.05, 0) is 47.5 Å². The number of benzene rings is 1. The molecule has 9 nitrogen and oxygen atoms in total. The van der Waals surface area contributed by atoms with E-state index in [1.807, 2.05) is 19.9 Å². The highest BCUT2D eigenvalue weighted by molar-refractivity contribution is 6.15. The van der Waals surface area contributed by atoms with E-state index in [1.165, 1.54) is 31.1 Å². The minimum atomic E-state index is -1.27. The third-order valence-electron chi connectivity index (χ3n) is 3.75. The zero-order valence-electron chi connectivity index (χ0n) is 14.2. The van der Waals surface area contributed by atoms with Crippen molar-refractivity contribution in [2.24, 2.45) is 0 Å². The molecule has 0 aliphatic carbocycles. The SMILES string of the molecule is Cc1cc(-n2cnnn2)cc(NC=C2C(=O)OC(C)(C)OC2=O)c1C. The Morgan fingerprint density at radius 3 is 2.44 bits per heavy atom. The number of rotatable bonds is 3. The van der Waals surface area contributed by atoms with Crippen LogP contribution >= 0.6 is 0 Å². The van der Waals surface area contributed by atoms with Gasteiger partial charge in [0.25, 0.3) is 5.79 Å². The van der Waals surface area contributed by atoms with Gasteiger partial charge in [-0.15, -0.1) is 5.10 Å². The first kappa shape index (κ1) is 16.6. The average Bonchev–Trinajstić information content (AvgIpc) is 3.03. The molecule has 2 heterocycles. The van der Waals surface area contributed by atoms with Crippen molar-refractivity contribution in [1.29, 1.82) is 0 Å². The van der Waals surface area contributed by atoms with Crippen LogP contribution in [-0.2, 0) is 19.1 Å². The minimum absolute atomic E-state index is 0.204. The predicted octanol–water partition coefficient (Wildman–Crippen LogP) is 1.41. The Labute approximate surface area is 143 Å². The van der Waals surface area contributed by atoms with E-state index in [1.54, 1.807) is 6.07 Å². The molecule has 1 saturated heterocycles. The van der Waals surface area contributed by atoms with Gasteiger partial charge < -0.3 is 14.8 Å². The van der Waals surface area contributed by atoms with Crippen molar-refractivity contribution in [2.75, 3.05) is 5.32 Å². The molecule has 0 spiro atoms. The van der Waals surface area contributed by atoms with E-state index in [0.717, 1.165) is 16.8 Å². The number of nitrogens with one attached hydrogen (secondary N) is 1. The number of anilines is 1. The van der Waals surface area contributed by atoms with Gasteiger partial charge in [0, 0.05) is 25.7 Å². The molecule has 1 aromatic carbocycles. The Balaban J connectivity index is 1.90. The van der Waals surface area contributed by atoms with Crippen molar-refractivity contribution in [3.05, 3.63) is 41.4 Å². The number of esters is 2. The van der Waals surface area contributed by atoms with Gasteiger partial charge in [0.2, 0.25) is 0 Å². The molecule has 0 bridgehead atoms. The zero-order chi connectivity index (χ0) is 18.2. The normalized spacial score (nSPS) is 16.2. The molecule has 0 radical (unpaired) electrons. The Bertz CT molecular complexity index is 849. The number of carbonyl (C=O) groups is 2. The zero-order valence-corrected chi connectivity index (χ0v) is 14.2. The van der Waals surface area contributed by atoms with Crippen LogP contribution in [0.25, 0.3) is 5.69 Å². The van der Waals surface area contributed by atoms with Crippen LogP contribution in [0.15, 0.2) is 30.2 Å². The molecule has 0 atom stereocenters. The molecule has 3 rings (SSSR count). The molecule has 1 N–H and O–H groups in total. The lowest BCUT2D eigenvalue weighted by molar-refractivity contribution is -0.222. The number of ether oxygens (including phenoxy) is 2. The fourth-order valence-electron chi connectivity index (χ4n) is 2.33. The quantitative estimate of drug-likeness (QED) is 0.506. The van der Waals surface area contributed by atoms with E-state index in [2.05, 4.69) is 20.8 Å². The number of carbonyl (C=O) groups excluding carboxylic acids is 2. The number of tetrazole rings is 1. The number of aryl methyl sites for hydroxylation is 1. The lowest BCUT2D eigenvalue weighted by Crippen LogP contribution is -2.42. The van der Waals surface area contributed by atoms with Gasteiger partial charge in [-0.1, -0.05) is 0 Å². The summed E-state index contributed by atoms with van der Waals surface area (Å²) < 4.78 is 11.6. The monoisotopic (exact) mass is 343 g/mol. The summed E-state index contributed by atoms with van der Waals surface area (Å²) in [6.45, 7) is 6.85. The van der Waals surface area contributed by atoms with Crippen molar-refractivity contribution >= 4 is 17.6 Å². The van der Waals surface area contributed by atoms with Crippen LogP contribution in [0.4, 0.5) is 5.69 Å². The van der Waals surface area contributed by atoms with Crippen molar-refractivity contribution in [3.63, 3.8) is 0 Å². The lowest BCUT2D eigenvalue weighted by atomic mass is 10.1. The standard InChI is InChI=1S/C16H17N5O4/c1-9-5-11(21-8-18-19-20-21)6-13(10(9)2)17-7-12-14(22)24-16(3,4)25-15(12)23/h5-8,17H,1-4H3. The summed E-state index contributed by atoms with van der Waals surface area (Å²) in [5.74, 6) is -2.74. The molecule has 0 unspecified atom stereocenters. The van der Waals surface area contributed by atoms with Gasteiger partial charge in [0.05, 0.1) is 5.69 Å². The topological polar surface area (TPSA) is 108 Å². The van der Waals surface area contributed by atoms with Gasteiger partial charge >= 0.3 is 11.9 Å². The molecular weight excluding hydrogens is 326 g/mol. The third-order valence-corrected chi connectivity index (χ3v) is 3.75. The van der Waals surface area contributed by atoms with Crippen LogP contribution in [0.1, 0.15) is 25.0 Å². The fourth-order valence-corrected chi connectivity index (χ4v) is 2.33. The lowest BCUT2D eigenvalue weighted by Gasteiger charge is -2.29. The van der Waals surface area contributed by atoms with Crippen LogP contribution < -0.4 is 5.32 Å². The van der Waals surface area contributed by atoms with E-state index in [9.17, 15) is 9.59 Å².